The molecular formula is C27H36BrNO2. The van der Waals surface area contributed by atoms with E-state index in [1.165, 1.54) is 48.8 Å². The highest BCUT2D eigenvalue weighted by Crippen LogP contribution is 2.51. The third kappa shape index (κ3) is 5.60. The molecule has 0 amide bonds. The van der Waals surface area contributed by atoms with Crippen molar-refractivity contribution >= 4 is 23.1 Å². The third-order valence-corrected chi connectivity index (χ3v) is 7.07. The lowest BCUT2D eigenvalue weighted by Crippen LogP contribution is -2.42. The molecule has 1 fully saturated rings. The monoisotopic (exact) mass is 485 g/mol. The molecule has 0 bridgehead atoms. The summed E-state index contributed by atoms with van der Waals surface area (Å²) in [6.45, 7) is 3.52. The van der Waals surface area contributed by atoms with Gasteiger partial charge in [-0.2, -0.15) is 0 Å². The molecular weight excluding hydrogens is 450 g/mol. The molecule has 2 aliphatic rings. The van der Waals surface area contributed by atoms with Gasteiger partial charge in [-0.3, -0.25) is 0 Å². The first-order valence-corrected chi connectivity index (χ1v) is 11.4. The van der Waals surface area contributed by atoms with Crippen LogP contribution in [0.15, 0.2) is 54.6 Å². The fourth-order valence-electron chi connectivity index (χ4n) is 5.27. The van der Waals surface area contributed by atoms with Crippen LogP contribution in [0.25, 0.3) is 6.08 Å². The predicted molar refractivity (Wildman–Crippen MR) is 134 cm³/mol. The Bertz CT molecular complexity index is 854. The van der Waals surface area contributed by atoms with Crippen LogP contribution in [0.3, 0.4) is 0 Å². The van der Waals surface area contributed by atoms with Crippen molar-refractivity contribution in [1.82, 2.24) is 4.90 Å². The normalized spacial score (nSPS) is 21.8. The van der Waals surface area contributed by atoms with Crippen molar-refractivity contribution in [2.45, 2.75) is 44.1 Å². The quantitative estimate of drug-likeness (QED) is 0.390. The molecule has 2 aromatic carbocycles. The average molecular weight is 486 g/mol. The van der Waals surface area contributed by atoms with Crippen LogP contribution in [0, 0.1) is 5.92 Å². The lowest BCUT2D eigenvalue weighted by atomic mass is 9.58. The van der Waals surface area contributed by atoms with Crippen molar-refractivity contribution in [3.05, 3.63) is 71.3 Å². The minimum absolute atomic E-state index is 0. The van der Waals surface area contributed by atoms with Crippen LogP contribution >= 0.6 is 17.0 Å². The van der Waals surface area contributed by atoms with E-state index in [0.29, 0.717) is 12.5 Å². The molecule has 0 heterocycles. The van der Waals surface area contributed by atoms with E-state index in [0.717, 1.165) is 25.4 Å². The maximum Gasteiger partial charge on any atom is 0.119 e. The summed E-state index contributed by atoms with van der Waals surface area (Å²) in [6, 6.07) is 17.0. The molecule has 0 saturated heterocycles. The number of benzene rings is 2. The van der Waals surface area contributed by atoms with Crippen LogP contribution < -0.4 is 4.74 Å². The number of ether oxygens (including phenoxy) is 2. The van der Waals surface area contributed by atoms with Crippen LogP contribution in [0.5, 0.6) is 5.75 Å². The van der Waals surface area contributed by atoms with Crippen molar-refractivity contribution in [2.75, 3.05) is 33.9 Å². The predicted octanol–water partition coefficient (Wildman–Crippen LogP) is 6.27. The van der Waals surface area contributed by atoms with Crippen molar-refractivity contribution in [3.8, 4) is 5.75 Å². The van der Waals surface area contributed by atoms with Crippen molar-refractivity contribution in [3.63, 3.8) is 0 Å². The van der Waals surface area contributed by atoms with Crippen molar-refractivity contribution in [1.29, 1.82) is 0 Å². The van der Waals surface area contributed by atoms with Crippen LogP contribution in [-0.2, 0) is 16.8 Å². The highest BCUT2D eigenvalue weighted by atomic mass is 79.9. The summed E-state index contributed by atoms with van der Waals surface area (Å²) in [4.78, 5) is 2.43. The van der Waals surface area contributed by atoms with Gasteiger partial charge < -0.3 is 14.4 Å². The Labute approximate surface area is 198 Å². The largest absolute Gasteiger partial charge is 0.497 e. The molecule has 3 nitrogen and oxygen atoms in total. The molecule has 4 rings (SSSR count). The zero-order valence-corrected chi connectivity index (χ0v) is 20.6. The van der Waals surface area contributed by atoms with Gasteiger partial charge in [0.05, 0.1) is 20.3 Å². The first-order chi connectivity index (χ1) is 14.7. The van der Waals surface area contributed by atoms with Gasteiger partial charge in [0.15, 0.2) is 0 Å². The Morgan fingerprint density at radius 1 is 1.06 bits per heavy atom. The fraction of sp³-hybridized carbons (Fsp3) is 0.481. The van der Waals surface area contributed by atoms with Crippen LogP contribution in [0.4, 0.5) is 0 Å². The Hall–Kier alpha value is -1.62. The summed E-state index contributed by atoms with van der Waals surface area (Å²) in [5, 5.41) is 0. The summed E-state index contributed by atoms with van der Waals surface area (Å²) in [7, 11) is 4.00. The Morgan fingerprint density at radius 3 is 2.71 bits per heavy atom. The molecule has 4 heteroatoms. The maximum absolute atomic E-state index is 5.90. The van der Waals surface area contributed by atoms with E-state index >= 15 is 0 Å². The van der Waals surface area contributed by atoms with Gasteiger partial charge in [-0.25, -0.2) is 0 Å². The van der Waals surface area contributed by atoms with Gasteiger partial charge in [-0.15, -0.1) is 17.0 Å². The zero-order valence-electron chi connectivity index (χ0n) is 18.9. The molecule has 2 aliphatic carbocycles. The lowest BCUT2D eigenvalue weighted by Gasteiger charge is -2.47. The highest BCUT2D eigenvalue weighted by Gasteiger charge is 2.43. The van der Waals surface area contributed by atoms with Crippen molar-refractivity contribution in [2.24, 2.45) is 5.92 Å². The number of hydrogen-bond donors (Lipinski definition) is 0. The standard InChI is InChI=1S/C27H35NO2.BrH/c1-28(18-19-30-21-22-8-4-3-5-9-22)17-16-27-15-7-6-10-24(27)13-11-23-12-14-25(29-2)20-26(23)27;/h3-5,8-9,11-14,20,24H,6-7,10,15-19,21H2,1-2H3;1H/t24-,27+;/m1./s1. The van der Waals surface area contributed by atoms with Gasteiger partial charge in [0.2, 0.25) is 0 Å². The fourth-order valence-corrected chi connectivity index (χ4v) is 5.27. The van der Waals surface area contributed by atoms with E-state index in [-0.39, 0.29) is 22.4 Å². The topological polar surface area (TPSA) is 21.7 Å². The molecule has 168 valence electrons. The van der Waals surface area contributed by atoms with Crippen molar-refractivity contribution < 1.29 is 9.47 Å². The Kier molecular flexibility index (Phi) is 8.76. The number of allylic oxidation sites excluding steroid dienone is 1. The second-order valence-corrected chi connectivity index (χ2v) is 8.91. The number of rotatable bonds is 9. The molecule has 0 aliphatic heterocycles. The van der Waals surface area contributed by atoms with Crippen LogP contribution in [0.2, 0.25) is 0 Å². The first-order valence-electron chi connectivity index (χ1n) is 11.4. The number of likely N-dealkylation sites (N-methyl/N-ethyl adjacent to an activating group) is 1. The van der Waals surface area contributed by atoms with Gasteiger partial charge >= 0.3 is 0 Å². The van der Waals surface area contributed by atoms with E-state index in [9.17, 15) is 0 Å². The number of fused-ring (bicyclic) bond motifs is 3. The number of nitrogens with zero attached hydrogens (tertiary/aromatic N) is 1. The molecule has 0 aromatic heterocycles. The SMILES string of the molecule is Br.COc1ccc2c(c1)[C@]1(CCN(C)CCOCc3ccccc3)CCCC[C@@H]1C=C2. The number of hydrogen-bond acceptors (Lipinski definition) is 3. The first kappa shape index (κ1) is 24.0. The Balaban J connectivity index is 0.00000272. The zero-order chi connectivity index (χ0) is 20.8. The number of methoxy groups -OCH3 is 1. The molecule has 1 saturated carbocycles. The van der Waals surface area contributed by atoms with E-state index in [4.69, 9.17) is 9.47 Å². The van der Waals surface area contributed by atoms with Gasteiger partial charge in [-0.1, -0.05) is 61.4 Å². The summed E-state index contributed by atoms with van der Waals surface area (Å²) in [5.74, 6) is 1.63. The van der Waals surface area contributed by atoms with Crippen LogP contribution in [-0.4, -0.2) is 38.8 Å². The Morgan fingerprint density at radius 2 is 1.90 bits per heavy atom. The third-order valence-electron chi connectivity index (χ3n) is 7.07. The van der Waals surface area contributed by atoms with E-state index in [1.54, 1.807) is 7.11 Å². The highest BCUT2D eigenvalue weighted by molar-refractivity contribution is 8.93. The molecule has 0 spiro atoms. The maximum atomic E-state index is 5.90. The molecule has 0 radical (unpaired) electrons. The molecule has 0 N–H and O–H groups in total. The summed E-state index contributed by atoms with van der Waals surface area (Å²) in [6.07, 6.45) is 11.3. The molecule has 0 unspecified atom stereocenters. The molecule has 2 aromatic rings. The van der Waals surface area contributed by atoms with Gasteiger partial charge in [0.25, 0.3) is 0 Å². The second-order valence-electron chi connectivity index (χ2n) is 8.91. The molecule has 31 heavy (non-hydrogen) atoms. The smallest absolute Gasteiger partial charge is 0.119 e. The number of halogens is 1. The van der Waals surface area contributed by atoms with Crippen LogP contribution in [0.1, 0.15) is 48.8 Å². The van der Waals surface area contributed by atoms with E-state index in [2.05, 4.69) is 66.6 Å². The molecule has 2 atom stereocenters. The van der Waals surface area contributed by atoms with Gasteiger partial charge in [-0.05, 0) is 67.6 Å². The lowest BCUT2D eigenvalue weighted by molar-refractivity contribution is 0.0937. The minimum Gasteiger partial charge on any atom is -0.497 e. The summed E-state index contributed by atoms with van der Waals surface area (Å²) < 4.78 is 11.5. The summed E-state index contributed by atoms with van der Waals surface area (Å²) >= 11 is 0. The second kappa shape index (κ2) is 11.3. The van der Waals surface area contributed by atoms with E-state index in [1.807, 2.05) is 6.07 Å². The average Bonchev–Trinajstić information content (AvgIpc) is 2.80. The van der Waals surface area contributed by atoms with E-state index < -0.39 is 0 Å². The van der Waals surface area contributed by atoms with Gasteiger partial charge in [0, 0.05) is 12.0 Å². The summed E-state index contributed by atoms with van der Waals surface area (Å²) in [5.41, 5.74) is 4.37. The minimum atomic E-state index is 0. The van der Waals surface area contributed by atoms with Gasteiger partial charge in [0.1, 0.15) is 5.75 Å².